The first kappa shape index (κ1) is 12.9. The van der Waals surface area contributed by atoms with Crippen molar-refractivity contribution in [1.29, 1.82) is 0 Å². The Labute approximate surface area is 130 Å². The lowest BCUT2D eigenvalue weighted by molar-refractivity contribution is 1.17. The summed E-state index contributed by atoms with van der Waals surface area (Å²) in [4.78, 5) is 0. The molecule has 0 fully saturated rings. The molecule has 0 saturated heterocycles. The maximum absolute atomic E-state index is 3.51. The smallest absolute Gasteiger partial charge is 0.0415 e. The van der Waals surface area contributed by atoms with E-state index in [1.165, 1.54) is 30.5 Å². The minimum atomic E-state index is 0.878. The molecule has 3 aromatic rings. The number of halogens is 1. The third-order valence-electron chi connectivity index (χ3n) is 3.22. The van der Waals surface area contributed by atoms with E-state index in [-0.39, 0.29) is 0 Å². The summed E-state index contributed by atoms with van der Waals surface area (Å²) in [5.41, 5.74) is 3.88. The highest BCUT2D eigenvalue weighted by atomic mass is 127. The number of aryl methyl sites for hydroxylation is 1. The van der Waals surface area contributed by atoms with Crippen LogP contribution in [0.1, 0.15) is 11.1 Å². The monoisotopic (exact) mass is 379 g/mol. The number of hydrogen-bond donors (Lipinski definition) is 1. The molecule has 0 aliphatic carbocycles. The van der Waals surface area contributed by atoms with Crippen LogP contribution in [0.2, 0.25) is 0 Å². The van der Waals surface area contributed by atoms with E-state index in [1.807, 2.05) is 11.3 Å². The maximum Gasteiger partial charge on any atom is 0.0415 e. The molecule has 0 aliphatic heterocycles. The second-order valence-corrected chi connectivity index (χ2v) is 6.65. The Hall–Kier alpha value is -1.07. The fourth-order valence-corrected chi connectivity index (χ4v) is 3.55. The standard InChI is InChI=1S/C16H14INS/c1-11-6-7-13(8-15(11)17)18-9-12-10-19-16-5-3-2-4-14(12)16/h2-8,10,18H,9H2,1H3. The molecule has 0 radical (unpaired) electrons. The third-order valence-corrected chi connectivity index (χ3v) is 5.39. The molecule has 0 aliphatic rings. The number of hydrogen-bond acceptors (Lipinski definition) is 2. The second kappa shape index (κ2) is 5.51. The molecule has 0 amide bonds. The second-order valence-electron chi connectivity index (χ2n) is 4.57. The number of thiophene rings is 1. The summed E-state index contributed by atoms with van der Waals surface area (Å²) in [7, 11) is 0. The number of benzene rings is 2. The molecule has 19 heavy (non-hydrogen) atoms. The van der Waals surface area contributed by atoms with Gasteiger partial charge in [-0.15, -0.1) is 11.3 Å². The Balaban J connectivity index is 1.80. The lowest BCUT2D eigenvalue weighted by Gasteiger charge is -2.07. The van der Waals surface area contributed by atoms with Crippen LogP contribution in [0, 0.1) is 10.5 Å². The van der Waals surface area contributed by atoms with Gasteiger partial charge < -0.3 is 5.32 Å². The van der Waals surface area contributed by atoms with Gasteiger partial charge >= 0.3 is 0 Å². The molecule has 3 heteroatoms. The van der Waals surface area contributed by atoms with E-state index in [2.05, 4.69) is 82.7 Å². The predicted octanol–water partition coefficient (Wildman–Crippen LogP) is 5.43. The van der Waals surface area contributed by atoms with Crippen LogP contribution >= 0.6 is 33.9 Å². The van der Waals surface area contributed by atoms with Crippen LogP contribution in [0.5, 0.6) is 0 Å². The molecule has 2 aromatic carbocycles. The molecule has 0 saturated carbocycles. The highest BCUT2D eigenvalue weighted by Crippen LogP contribution is 2.26. The molecule has 0 atom stereocenters. The van der Waals surface area contributed by atoms with Crippen molar-refractivity contribution >= 4 is 49.7 Å². The number of nitrogens with one attached hydrogen (secondary N) is 1. The summed E-state index contributed by atoms with van der Waals surface area (Å²) in [5, 5.41) is 7.12. The van der Waals surface area contributed by atoms with Crippen molar-refractivity contribution in [3.8, 4) is 0 Å². The van der Waals surface area contributed by atoms with E-state index in [0.717, 1.165) is 6.54 Å². The van der Waals surface area contributed by atoms with Gasteiger partial charge in [0.05, 0.1) is 0 Å². The average Bonchev–Trinajstić information content (AvgIpc) is 2.83. The van der Waals surface area contributed by atoms with Crippen LogP contribution in [-0.4, -0.2) is 0 Å². The van der Waals surface area contributed by atoms with E-state index < -0.39 is 0 Å². The van der Waals surface area contributed by atoms with Crippen molar-refractivity contribution in [3.63, 3.8) is 0 Å². The minimum Gasteiger partial charge on any atom is -0.381 e. The van der Waals surface area contributed by atoms with E-state index in [4.69, 9.17) is 0 Å². The van der Waals surface area contributed by atoms with Crippen molar-refractivity contribution in [2.75, 3.05) is 5.32 Å². The lowest BCUT2D eigenvalue weighted by atomic mass is 10.1. The summed E-state index contributed by atoms with van der Waals surface area (Å²) in [6.45, 7) is 3.01. The Bertz CT molecular complexity index is 718. The van der Waals surface area contributed by atoms with Crippen LogP contribution < -0.4 is 5.32 Å². The van der Waals surface area contributed by atoms with E-state index in [0.29, 0.717) is 0 Å². The van der Waals surface area contributed by atoms with Gasteiger partial charge in [-0.1, -0.05) is 24.3 Å². The van der Waals surface area contributed by atoms with Gasteiger partial charge in [0.15, 0.2) is 0 Å². The van der Waals surface area contributed by atoms with Crippen LogP contribution in [0.3, 0.4) is 0 Å². The SMILES string of the molecule is Cc1ccc(NCc2csc3ccccc23)cc1I. The summed E-state index contributed by atoms with van der Waals surface area (Å²) < 4.78 is 2.66. The zero-order chi connectivity index (χ0) is 13.2. The van der Waals surface area contributed by atoms with Crippen molar-refractivity contribution in [2.24, 2.45) is 0 Å². The first-order valence-electron chi connectivity index (χ1n) is 6.19. The van der Waals surface area contributed by atoms with Crippen molar-refractivity contribution in [1.82, 2.24) is 0 Å². The maximum atomic E-state index is 3.51. The summed E-state index contributed by atoms with van der Waals surface area (Å²) in [6.07, 6.45) is 0. The molecule has 0 spiro atoms. The molecule has 96 valence electrons. The molecule has 0 unspecified atom stereocenters. The van der Waals surface area contributed by atoms with Gasteiger partial charge in [0.25, 0.3) is 0 Å². The number of rotatable bonds is 3. The highest BCUT2D eigenvalue weighted by molar-refractivity contribution is 14.1. The predicted molar refractivity (Wildman–Crippen MR) is 93.0 cm³/mol. The molecule has 3 rings (SSSR count). The van der Waals surface area contributed by atoms with Gasteiger partial charge in [0.2, 0.25) is 0 Å². The molecule has 1 aromatic heterocycles. The average molecular weight is 379 g/mol. The molecular formula is C16H14INS. The van der Waals surface area contributed by atoms with E-state index in [9.17, 15) is 0 Å². The molecule has 1 nitrogen and oxygen atoms in total. The van der Waals surface area contributed by atoms with Crippen LogP contribution in [0.15, 0.2) is 47.8 Å². The normalized spacial score (nSPS) is 10.8. The van der Waals surface area contributed by atoms with Crippen LogP contribution in [-0.2, 0) is 6.54 Å². The molecular weight excluding hydrogens is 365 g/mol. The first-order chi connectivity index (χ1) is 9.24. The molecule has 1 heterocycles. The quantitative estimate of drug-likeness (QED) is 0.599. The van der Waals surface area contributed by atoms with Gasteiger partial charge in [-0.3, -0.25) is 0 Å². The fourth-order valence-electron chi connectivity index (χ4n) is 2.07. The first-order valence-corrected chi connectivity index (χ1v) is 8.15. The van der Waals surface area contributed by atoms with Gasteiger partial charge in [0.1, 0.15) is 0 Å². The van der Waals surface area contributed by atoms with Crippen molar-refractivity contribution < 1.29 is 0 Å². The van der Waals surface area contributed by atoms with Crippen LogP contribution in [0.4, 0.5) is 5.69 Å². The van der Waals surface area contributed by atoms with Gasteiger partial charge in [0, 0.05) is 20.5 Å². The minimum absolute atomic E-state index is 0.878. The molecule has 0 bridgehead atoms. The third kappa shape index (κ3) is 2.77. The fraction of sp³-hybridized carbons (Fsp3) is 0.125. The Morgan fingerprint density at radius 2 is 2.00 bits per heavy atom. The lowest BCUT2D eigenvalue weighted by Crippen LogP contribution is -1.99. The summed E-state index contributed by atoms with van der Waals surface area (Å²) in [6, 6.07) is 15.1. The largest absolute Gasteiger partial charge is 0.381 e. The zero-order valence-electron chi connectivity index (χ0n) is 10.6. The summed E-state index contributed by atoms with van der Waals surface area (Å²) in [5.74, 6) is 0. The van der Waals surface area contributed by atoms with Crippen molar-refractivity contribution in [2.45, 2.75) is 13.5 Å². The summed E-state index contributed by atoms with van der Waals surface area (Å²) >= 11 is 4.19. The van der Waals surface area contributed by atoms with E-state index in [1.54, 1.807) is 0 Å². The Kier molecular flexibility index (Phi) is 3.75. The van der Waals surface area contributed by atoms with Gasteiger partial charge in [-0.05, 0) is 69.6 Å². The Morgan fingerprint density at radius 1 is 1.16 bits per heavy atom. The van der Waals surface area contributed by atoms with Gasteiger partial charge in [-0.2, -0.15) is 0 Å². The highest BCUT2D eigenvalue weighted by Gasteiger charge is 2.03. The number of fused-ring (bicyclic) bond motifs is 1. The van der Waals surface area contributed by atoms with Gasteiger partial charge in [-0.25, -0.2) is 0 Å². The topological polar surface area (TPSA) is 12.0 Å². The van der Waals surface area contributed by atoms with Crippen LogP contribution in [0.25, 0.3) is 10.1 Å². The van der Waals surface area contributed by atoms with E-state index >= 15 is 0 Å². The molecule has 1 N–H and O–H groups in total. The zero-order valence-corrected chi connectivity index (χ0v) is 13.6. The van der Waals surface area contributed by atoms with Crippen molar-refractivity contribution in [3.05, 3.63) is 62.5 Å². The number of anilines is 1. The Morgan fingerprint density at radius 3 is 2.84 bits per heavy atom.